The number of aliphatic hydroxyl groups is 1. The molecule has 0 spiro atoms. The number of aliphatic hydroxyl groups excluding tert-OH is 1. The number of aromatic carboxylic acids is 1. The van der Waals surface area contributed by atoms with Gasteiger partial charge in [-0.1, -0.05) is 30.3 Å². The zero-order valence-corrected chi connectivity index (χ0v) is 14.6. The van der Waals surface area contributed by atoms with Gasteiger partial charge in [0, 0.05) is 24.9 Å². The third-order valence-corrected chi connectivity index (χ3v) is 4.01. The number of anilines is 1. The highest BCUT2D eigenvalue weighted by molar-refractivity contribution is 5.91. The van der Waals surface area contributed by atoms with E-state index in [0.717, 1.165) is 5.56 Å². The van der Waals surface area contributed by atoms with Crippen LogP contribution >= 0.6 is 0 Å². The number of benzene rings is 2. The number of carbonyl (C=O) groups excluding carboxylic acids is 1. The van der Waals surface area contributed by atoms with E-state index in [9.17, 15) is 24.6 Å². The molecule has 0 bridgehead atoms. The minimum atomic E-state index is -1.09. The molecule has 1 atom stereocenters. The van der Waals surface area contributed by atoms with Crippen molar-refractivity contribution in [2.45, 2.75) is 31.8 Å². The van der Waals surface area contributed by atoms with Crippen molar-refractivity contribution < 1.29 is 29.7 Å². The van der Waals surface area contributed by atoms with Crippen molar-refractivity contribution in [2.24, 2.45) is 0 Å². The molecule has 0 aliphatic carbocycles. The Kier molecular flexibility index (Phi) is 7.08. The number of hydrogen-bond acceptors (Lipinski definition) is 4. The Morgan fingerprint density at radius 2 is 1.59 bits per heavy atom. The van der Waals surface area contributed by atoms with Crippen LogP contribution in [-0.4, -0.2) is 33.2 Å². The molecule has 0 saturated heterocycles. The topological polar surface area (TPSA) is 124 Å². The summed E-state index contributed by atoms with van der Waals surface area (Å²) in [6.45, 7) is 0. The molecule has 7 nitrogen and oxygen atoms in total. The van der Waals surface area contributed by atoms with E-state index in [2.05, 4.69) is 5.32 Å². The van der Waals surface area contributed by atoms with E-state index in [1.54, 1.807) is 42.5 Å². The monoisotopic (exact) mass is 371 g/mol. The lowest BCUT2D eigenvalue weighted by molar-refractivity contribution is -0.137. The molecule has 0 aromatic heterocycles. The average Bonchev–Trinajstić information content (AvgIpc) is 2.63. The summed E-state index contributed by atoms with van der Waals surface area (Å²) in [5.74, 6) is -2.29. The van der Waals surface area contributed by atoms with Gasteiger partial charge in [-0.2, -0.15) is 0 Å². The molecule has 4 N–H and O–H groups in total. The lowest BCUT2D eigenvalue weighted by Gasteiger charge is -2.14. The van der Waals surface area contributed by atoms with Crippen LogP contribution in [0.3, 0.4) is 0 Å². The number of hydrogen-bond donors (Lipinski definition) is 4. The Labute approximate surface area is 156 Å². The van der Waals surface area contributed by atoms with E-state index in [4.69, 9.17) is 5.11 Å². The molecule has 2 aromatic carbocycles. The van der Waals surface area contributed by atoms with Crippen molar-refractivity contribution in [3.8, 4) is 0 Å². The van der Waals surface area contributed by atoms with Crippen LogP contribution in [0.15, 0.2) is 48.5 Å². The van der Waals surface area contributed by atoms with E-state index >= 15 is 0 Å². The van der Waals surface area contributed by atoms with Gasteiger partial charge in [0.15, 0.2) is 0 Å². The molecule has 1 unspecified atom stereocenters. The lowest BCUT2D eigenvalue weighted by Crippen LogP contribution is -2.12. The number of carboxylic acid groups (broad SMARTS) is 2. The van der Waals surface area contributed by atoms with Crippen LogP contribution in [0.2, 0.25) is 0 Å². The fraction of sp³-hybridized carbons (Fsp3) is 0.250. The summed E-state index contributed by atoms with van der Waals surface area (Å²) in [4.78, 5) is 33.4. The molecule has 0 saturated carbocycles. The van der Waals surface area contributed by atoms with Gasteiger partial charge in [-0.05, 0) is 35.7 Å². The summed E-state index contributed by atoms with van der Waals surface area (Å²) < 4.78 is 0. The fourth-order valence-corrected chi connectivity index (χ4v) is 2.66. The van der Waals surface area contributed by atoms with Crippen LogP contribution < -0.4 is 5.32 Å². The third kappa shape index (κ3) is 6.23. The van der Waals surface area contributed by atoms with Crippen LogP contribution in [0.25, 0.3) is 0 Å². The van der Waals surface area contributed by atoms with Crippen LogP contribution in [-0.2, 0) is 16.0 Å². The maximum absolute atomic E-state index is 11.7. The summed E-state index contributed by atoms with van der Waals surface area (Å²) in [5, 5.41) is 30.8. The Morgan fingerprint density at radius 3 is 2.22 bits per heavy atom. The highest BCUT2D eigenvalue weighted by Gasteiger charge is 2.16. The lowest BCUT2D eigenvalue weighted by atomic mass is 9.97. The Balaban J connectivity index is 1.95. The van der Waals surface area contributed by atoms with Gasteiger partial charge in [-0.15, -0.1) is 0 Å². The average molecular weight is 371 g/mol. The molecule has 2 rings (SSSR count). The Hall–Kier alpha value is -3.19. The van der Waals surface area contributed by atoms with Crippen LogP contribution in [0.1, 0.15) is 46.9 Å². The zero-order valence-electron chi connectivity index (χ0n) is 14.6. The Bertz CT molecular complexity index is 815. The summed E-state index contributed by atoms with van der Waals surface area (Å²) in [7, 11) is 0. The number of carbonyl (C=O) groups is 3. The van der Waals surface area contributed by atoms with Gasteiger partial charge >= 0.3 is 11.9 Å². The number of carboxylic acids is 2. The first-order valence-electron chi connectivity index (χ1n) is 8.47. The predicted molar refractivity (Wildman–Crippen MR) is 98.6 cm³/mol. The van der Waals surface area contributed by atoms with Gasteiger partial charge in [0.05, 0.1) is 11.7 Å². The van der Waals surface area contributed by atoms with E-state index < -0.39 is 18.0 Å². The van der Waals surface area contributed by atoms with Crippen LogP contribution in [0, 0.1) is 0 Å². The van der Waals surface area contributed by atoms with Gasteiger partial charge in [0.1, 0.15) is 0 Å². The van der Waals surface area contributed by atoms with Crippen molar-refractivity contribution in [3.05, 3.63) is 65.2 Å². The molecule has 1 amide bonds. The normalized spacial score (nSPS) is 11.6. The molecule has 0 aliphatic rings. The predicted octanol–water partition coefficient (Wildman–Crippen LogP) is 2.85. The first-order chi connectivity index (χ1) is 12.9. The number of amides is 1. The maximum Gasteiger partial charge on any atom is 0.336 e. The summed E-state index contributed by atoms with van der Waals surface area (Å²) in [5.41, 5.74) is 1.77. The highest BCUT2D eigenvalue weighted by atomic mass is 16.4. The maximum atomic E-state index is 11.7. The van der Waals surface area contributed by atoms with E-state index in [1.807, 2.05) is 0 Å². The van der Waals surface area contributed by atoms with Crippen molar-refractivity contribution in [1.29, 1.82) is 0 Å². The molecule has 2 aromatic rings. The number of nitrogens with one attached hydrogen (secondary N) is 1. The minimum absolute atomic E-state index is 0.0535. The van der Waals surface area contributed by atoms with E-state index in [1.165, 1.54) is 6.07 Å². The van der Waals surface area contributed by atoms with Crippen molar-refractivity contribution >= 4 is 23.5 Å². The highest BCUT2D eigenvalue weighted by Crippen LogP contribution is 2.23. The second-order valence-electron chi connectivity index (χ2n) is 6.10. The molecule has 27 heavy (non-hydrogen) atoms. The molecular formula is C20H21NO6. The van der Waals surface area contributed by atoms with Gasteiger partial charge < -0.3 is 20.6 Å². The minimum Gasteiger partial charge on any atom is -0.481 e. The van der Waals surface area contributed by atoms with Crippen LogP contribution in [0.4, 0.5) is 5.69 Å². The van der Waals surface area contributed by atoms with Gasteiger partial charge in [-0.25, -0.2) is 4.79 Å². The van der Waals surface area contributed by atoms with Gasteiger partial charge in [0.25, 0.3) is 0 Å². The molecule has 0 fully saturated rings. The molecule has 142 valence electrons. The molecule has 7 heteroatoms. The van der Waals surface area contributed by atoms with Gasteiger partial charge in [0.2, 0.25) is 5.91 Å². The summed E-state index contributed by atoms with van der Waals surface area (Å²) >= 11 is 0. The largest absolute Gasteiger partial charge is 0.481 e. The second-order valence-corrected chi connectivity index (χ2v) is 6.10. The Morgan fingerprint density at radius 1 is 0.926 bits per heavy atom. The summed E-state index contributed by atoms with van der Waals surface area (Å²) in [6, 6.07) is 13.1. The number of rotatable bonds is 9. The van der Waals surface area contributed by atoms with Crippen molar-refractivity contribution in [2.75, 3.05) is 5.32 Å². The van der Waals surface area contributed by atoms with Crippen LogP contribution in [0.5, 0.6) is 0 Å². The standard InChI is InChI=1S/C20H21NO6/c22-17(15-4-1-2-5-16(15)20(26)27)12-13-8-10-14(11-9-13)21-18(23)6-3-7-19(24)25/h1-2,4-5,8-11,17,22H,3,6-7,12H2,(H,21,23)(H,24,25)(H,26,27). The van der Waals surface area contributed by atoms with Gasteiger partial charge in [-0.3, -0.25) is 9.59 Å². The SMILES string of the molecule is O=C(O)CCCC(=O)Nc1ccc(CC(O)c2ccccc2C(=O)O)cc1. The molecule has 0 heterocycles. The second kappa shape index (κ2) is 9.49. The first-order valence-corrected chi connectivity index (χ1v) is 8.47. The fourth-order valence-electron chi connectivity index (χ4n) is 2.66. The van der Waals surface area contributed by atoms with Crippen molar-refractivity contribution in [1.82, 2.24) is 0 Å². The first kappa shape index (κ1) is 20.1. The van der Waals surface area contributed by atoms with E-state index in [0.29, 0.717) is 11.3 Å². The summed E-state index contributed by atoms with van der Waals surface area (Å²) in [6.07, 6.45) is -0.388. The smallest absolute Gasteiger partial charge is 0.336 e. The molecule has 0 radical (unpaired) electrons. The molecule has 0 aliphatic heterocycles. The molecular weight excluding hydrogens is 350 g/mol. The number of aliphatic carboxylic acids is 1. The van der Waals surface area contributed by atoms with Crippen molar-refractivity contribution in [3.63, 3.8) is 0 Å². The van der Waals surface area contributed by atoms with E-state index in [-0.39, 0.29) is 37.2 Å². The third-order valence-electron chi connectivity index (χ3n) is 4.01. The quantitative estimate of drug-likeness (QED) is 0.537. The zero-order chi connectivity index (χ0) is 19.8.